The fraction of sp³-hybridized carbons (Fsp3) is 0.769. The highest BCUT2D eigenvalue weighted by Gasteiger charge is 2.47. The average Bonchev–Trinajstić information content (AvgIpc) is 2.89. The molecule has 3 rings (SSSR count). The van der Waals surface area contributed by atoms with Crippen molar-refractivity contribution >= 4 is 5.97 Å². The Bertz CT molecular complexity index is 350. The zero-order chi connectivity index (χ0) is 11.9. The molecular weight excluding hydrogens is 216 g/mol. The van der Waals surface area contributed by atoms with Gasteiger partial charge in [-0.15, -0.1) is 0 Å². The highest BCUT2D eigenvalue weighted by molar-refractivity contribution is 5.86. The molecule has 1 aliphatic carbocycles. The summed E-state index contributed by atoms with van der Waals surface area (Å²) in [5.74, 6) is -0.138. The lowest BCUT2D eigenvalue weighted by Gasteiger charge is -2.39. The largest absolute Gasteiger partial charge is 0.449 e. The SMILES string of the molecule is CN1CCN(C2=CC(=O)OC23CCCC3)CC1. The van der Waals surface area contributed by atoms with Gasteiger partial charge in [-0.2, -0.15) is 0 Å². The molecule has 0 atom stereocenters. The molecule has 0 aromatic heterocycles. The summed E-state index contributed by atoms with van der Waals surface area (Å²) in [6.45, 7) is 4.17. The van der Waals surface area contributed by atoms with Crippen molar-refractivity contribution in [2.75, 3.05) is 33.2 Å². The minimum atomic E-state index is -0.257. The third-order valence-corrected chi connectivity index (χ3v) is 4.27. The third kappa shape index (κ3) is 1.84. The predicted molar refractivity (Wildman–Crippen MR) is 64.4 cm³/mol. The summed E-state index contributed by atoms with van der Waals surface area (Å²) >= 11 is 0. The van der Waals surface area contributed by atoms with E-state index in [0.29, 0.717) is 0 Å². The number of esters is 1. The average molecular weight is 236 g/mol. The summed E-state index contributed by atoms with van der Waals surface area (Å²) in [6, 6.07) is 0. The number of nitrogens with zero attached hydrogens (tertiary/aromatic N) is 2. The molecule has 1 saturated heterocycles. The summed E-state index contributed by atoms with van der Waals surface area (Å²) < 4.78 is 5.62. The van der Waals surface area contributed by atoms with Gasteiger partial charge in [0.05, 0.1) is 5.70 Å². The van der Waals surface area contributed by atoms with E-state index in [0.717, 1.165) is 44.7 Å². The Balaban J connectivity index is 1.80. The van der Waals surface area contributed by atoms with E-state index < -0.39 is 0 Å². The van der Waals surface area contributed by atoms with Crippen molar-refractivity contribution in [3.63, 3.8) is 0 Å². The third-order valence-electron chi connectivity index (χ3n) is 4.27. The van der Waals surface area contributed by atoms with Crippen LogP contribution < -0.4 is 0 Å². The molecule has 94 valence electrons. The molecule has 2 fully saturated rings. The molecule has 0 aromatic rings. The summed E-state index contributed by atoms with van der Waals surface area (Å²) in [7, 11) is 2.15. The quantitative estimate of drug-likeness (QED) is 0.636. The van der Waals surface area contributed by atoms with E-state index in [2.05, 4.69) is 16.8 Å². The van der Waals surface area contributed by atoms with Crippen LogP contribution in [0, 0.1) is 0 Å². The molecule has 3 aliphatic rings. The normalized spacial score (nSPS) is 28.6. The lowest BCUT2D eigenvalue weighted by Crippen LogP contribution is -2.48. The molecule has 1 saturated carbocycles. The number of ether oxygens (including phenoxy) is 1. The monoisotopic (exact) mass is 236 g/mol. The summed E-state index contributed by atoms with van der Waals surface area (Å²) in [4.78, 5) is 16.3. The van der Waals surface area contributed by atoms with Crippen LogP contribution in [0.1, 0.15) is 25.7 Å². The van der Waals surface area contributed by atoms with Crippen molar-refractivity contribution in [3.05, 3.63) is 11.8 Å². The van der Waals surface area contributed by atoms with E-state index in [-0.39, 0.29) is 11.6 Å². The maximum Gasteiger partial charge on any atom is 0.333 e. The maximum absolute atomic E-state index is 11.6. The fourth-order valence-corrected chi connectivity index (χ4v) is 3.25. The first-order chi connectivity index (χ1) is 8.20. The smallest absolute Gasteiger partial charge is 0.333 e. The second-order valence-corrected chi connectivity index (χ2v) is 5.44. The van der Waals surface area contributed by atoms with E-state index in [1.807, 2.05) is 0 Å². The molecule has 0 aromatic carbocycles. The van der Waals surface area contributed by atoms with Crippen LogP contribution in [0.2, 0.25) is 0 Å². The van der Waals surface area contributed by atoms with Crippen LogP contribution in [-0.4, -0.2) is 54.6 Å². The first-order valence-corrected chi connectivity index (χ1v) is 6.58. The van der Waals surface area contributed by atoms with Gasteiger partial charge in [0.2, 0.25) is 0 Å². The van der Waals surface area contributed by atoms with Gasteiger partial charge in [-0.25, -0.2) is 4.79 Å². The fourth-order valence-electron chi connectivity index (χ4n) is 3.25. The Morgan fingerprint density at radius 3 is 2.47 bits per heavy atom. The van der Waals surface area contributed by atoms with Gasteiger partial charge in [0.25, 0.3) is 0 Å². The van der Waals surface area contributed by atoms with Crippen LogP contribution >= 0.6 is 0 Å². The van der Waals surface area contributed by atoms with E-state index in [1.54, 1.807) is 6.08 Å². The van der Waals surface area contributed by atoms with Crippen LogP contribution in [-0.2, 0) is 9.53 Å². The molecule has 2 aliphatic heterocycles. The number of likely N-dealkylation sites (N-methyl/N-ethyl adjacent to an activating group) is 1. The number of hydrogen-bond donors (Lipinski definition) is 0. The molecule has 0 N–H and O–H groups in total. The van der Waals surface area contributed by atoms with Crippen molar-refractivity contribution in [1.29, 1.82) is 0 Å². The lowest BCUT2D eigenvalue weighted by atomic mass is 9.97. The number of hydrogen-bond acceptors (Lipinski definition) is 4. The molecule has 0 bridgehead atoms. The molecule has 2 heterocycles. The Hall–Kier alpha value is -1.03. The predicted octanol–water partition coefficient (Wildman–Crippen LogP) is 0.987. The Labute approximate surface area is 102 Å². The summed E-state index contributed by atoms with van der Waals surface area (Å²) in [6.07, 6.45) is 6.11. The Kier molecular flexibility index (Phi) is 2.62. The van der Waals surface area contributed by atoms with Crippen LogP contribution in [0.4, 0.5) is 0 Å². The summed E-state index contributed by atoms with van der Waals surface area (Å²) in [5.41, 5.74) is 0.903. The second kappa shape index (κ2) is 4.02. The highest BCUT2D eigenvalue weighted by atomic mass is 16.6. The van der Waals surface area contributed by atoms with Crippen molar-refractivity contribution in [3.8, 4) is 0 Å². The molecule has 0 radical (unpaired) electrons. The van der Waals surface area contributed by atoms with Crippen molar-refractivity contribution in [2.45, 2.75) is 31.3 Å². The minimum absolute atomic E-state index is 0.138. The van der Waals surface area contributed by atoms with Crippen LogP contribution in [0.5, 0.6) is 0 Å². The second-order valence-electron chi connectivity index (χ2n) is 5.44. The molecule has 4 heteroatoms. The highest BCUT2D eigenvalue weighted by Crippen LogP contribution is 2.44. The minimum Gasteiger partial charge on any atom is -0.449 e. The lowest BCUT2D eigenvalue weighted by molar-refractivity contribution is -0.146. The molecule has 0 unspecified atom stereocenters. The van der Waals surface area contributed by atoms with E-state index in [9.17, 15) is 4.79 Å². The van der Waals surface area contributed by atoms with Gasteiger partial charge in [0, 0.05) is 32.3 Å². The molecule has 17 heavy (non-hydrogen) atoms. The van der Waals surface area contributed by atoms with Crippen LogP contribution in [0.3, 0.4) is 0 Å². The zero-order valence-electron chi connectivity index (χ0n) is 10.4. The van der Waals surface area contributed by atoms with E-state index >= 15 is 0 Å². The Morgan fingerprint density at radius 2 is 1.82 bits per heavy atom. The van der Waals surface area contributed by atoms with Gasteiger partial charge in [-0.05, 0) is 32.7 Å². The number of carbonyl (C=O) groups is 1. The number of piperazine rings is 1. The first kappa shape index (κ1) is 11.1. The summed E-state index contributed by atoms with van der Waals surface area (Å²) in [5, 5.41) is 0. The maximum atomic E-state index is 11.6. The van der Waals surface area contributed by atoms with Crippen LogP contribution in [0.15, 0.2) is 11.8 Å². The van der Waals surface area contributed by atoms with Gasteiger partial charge >= 0.3 is 5.97 Å². The topological polar surface area (TPSA) is 32.8 Å². The van der Waals surface area contributed by atoms with E-state index in [1.165, 1.54) is 12.8 Å². The Morgan fingerprint density at radius 1 is 1.18 bits per heavy atom. The number of rotatable bonds is 1. The molecular formula is C13H20N2O2. The van der Waals surface area contributed by atoms with Gasteiger partial charge in [-0.1, -0.05) is 0 Å². The van der Waals surface area contributed by atoms with Crippen molar-refractivity contribution in [2.24, 2.45) is 0 Å². The van der Waals surface area contributed by atoms with E-state index in [4.69, 9.17) is 4.74 Å². The van der Waals surface area contributed by atoms with Gasteiger partial charge < -0.3 is 14.5 Å². The van der Waals surface area contributed by atoms with Crippen molar-refractivity contribution < 1.29 is 9.53 Å². The molecule has 1 spiro atoms. The standard InChI is InChI=1S/C13H20N2O2/c1-14-6-8-15(9-7-14)11-10-12(16)17-13(11)4-2-3-5-13/h10H,2-9H2,1H3. The van der Waals surface area contributed by atoms with Gasteiger partial charge in [-0.3, -0.25) is 0 Å². The van der Waals surface area contributed by atoms with Gasteiger partial charge in [0.1, 0.15) is 0 Å². The van der Waals surface area contributed by atoms with Crippen molar-refractivity contribution in [1.82, 2.24) is 9.80 Å². The molecule has 0 amide bonds. The van der Waals surface area contributed by atoms with Crippen LogP contribution in [0.25, 0.3) is 0 Å². The van der Waals surface area contributed by atoms with Gasteiger partial charge in [0.15, 0.2) is 5.60 Å². The zero-order valence-corrected chi connectivity index (χ0v) is 10.4. The molecule has 4 nitrogen and oxygen atoms in total. The number of carbonyl (C=O) groups excluding carboxylic acids is 1. The first-order valence-electron chi connectivity index (χ1n) is 6.58.